The van der Waals surface area contributed by atoms with Crippen molar-refractivity contribution < 1.29 is 18.0 Å². The molecule has 0 aliphatic carbocycles. The molecule has 156 valence electrons. The summed E-state index contributed by atoms with van der Waals surface area (Å²) in [5, 5.41) is 0. The van der Waals surface area contributed by atoms with E-state index < -0.39 is 21.7 Å². The topological polar surface area (TPSA) is 74.8 Å². The minimum Gasteiger partial charge on any atom is -0.333 e. The molecule has 0 unspecified atom stereocenters. The molecule has 2 aromatic rings. The van der Waals surface area contributed by atoms with Crippen molar-refractivity contribution in [1.82, 2.24) is 9.21 Å². The maximum absolute atomic E-state index is 12.7. The summed E-state index contributed by atoms with van der Waals surface area (Å²) in [7, 11) is -3.58. The highest BCUT2D eigenvalue weighted by Gasteiger charge is 2.33. The number of hydrogen-bond donors (Lipinski definition) is 0. The third kappa shape index (κ3) is 4.79. The van der Waals surface area contributed by atoms with Gasteiger partial charge in [-0.2, -0.15) is 4.31 Å². The number of halogens is 1. The molecule has 1 aromatic heterocycles. The van der Waals surface area contributed by atoms with Crippen LogP contribution in [0.1, 0.15) is 36.7 Å². The number of Topliss-reactive ketones (excluding diaryl/α,β-unsaturated/α-hetero) is 1. The number of ketones is 1. The highest BCUT2D eigenvalue weighted by molar-refractivity contribution is 9.11. The van der Waals surface area contributed by atoms with Gasteiger partial charge in [0, 0.05) is 31.7 Å². The molecule has 0 spiro atoms. The quantitative estimate of drug-likeness (QED) is 0.477. The number of hydrogen-bond acceptors (Lipinski definition) is 5. The average Bonchev–Trinajstić information content (AvgIpc) is 3.13. The Balaban J connectivity index is 1.64. The Morgan fingerprint density at radius 1 is 0.966 bits per heavy atom. The standard InChI is InChI=1S/C20H23BrN2O4S2/c1-20(2,3)15-6-4-14(5-7-15)18(24)19(25)22-10-12-23(13-11-22)29(26,27)17-9-8-16(21)28-17/h4-9H,10-13H2,1-3H3. The van der Waals surface area contributed by atoms with Gasteiger partial charge >= 0.3 is 0 Å². The van der Waals surface area contributed by atoms with Crippen molar-refractivity contribution in [1.29, 1.82) is 0 Å². The van der Waals surface area contributed by atoms with Crippen LogP contribution in [0.3, 0.4) is 0 Å². The number of benzene rings is 1. The molecule has 0 radical (unpaired) electrons. The number of nitrogens with zero attached hydrogens (tertiary/aromatic N) is 2. The van der Waals surface area contributed by atoms with Crippen LogP contribution in [0.5, 0.6) is 0 Å². The van der Waals surface area contributed by atoms with Gasteiger partial charge in [0.25, 0.3) is 15.9 Å². The van der Waals surface area contributed by atoms with Gasteiger partial charge in [0.1, 0.15) is 4.21 Å². The summed E-state index contributed by atoms with van der Waals surface area (Å²) in [6, 6.07) is 10.3. The fourth-order valence-corrected chi connectivity index (χ4v) is 6.67. The summed E-state index contributed by atoms with van der Waals surface area (Å²) in [5.41, 5.74) is 1.40. The Morgan fingerprint density at radius 2 is 1.55 bits per heavy atom. The zero-order chi connectivity index (χ0) is 21.4. The molecule has 3 rings (SSSR count). The van der Waals surface area contributed by atoms with E-state index in [-0.39, 0.29) is 35.8 Å². The maximum Gasteiger partial charge on any atom is 0.295 e. The Morgan fingerprint density at radius 3 is 2.03 bits per heavy atom. The Kier molecular flexibility index (Phi) is 6.33. The van der Waals surface area contributed by atoms with Gasteiger partial charge in [-0.15, -0.1) is 11.3 Å². The molecule has 1 fully saturated rings. The summed E-state index contributed by atoms with van der Waals surface area (Å²) < 4.78 is 27.7. The fraction of sp³-hybridized carbons (Fsp3) is 0.400. The first-order chi connectivity index (χ1) is 13.5. The largest absolute Gasteiger partial charge is 0.333 e. The van der Waals surface area contributed by atoms with Gasteiger partial charge < -0.3 is 4.90 Å². The number of amides is 1. The Bertz CT molecular complexity index is 1020. The van der Waals surface area contributed by atoms with E-state index in [0.717, 1.165) is 20.7 Å². The lowest BCUT2D eigenvalue weighted by Gasteiger charge is -2.33. The van der Waals surface area contributed by atoms with E-state index in [4.69, 9.17) is 0 Å². The number of thiophene rings is 1. The fourth-order valence-electron chi connectivity index (χ4n) is 3.08. The molecular weight excluding hydrogens is 476 g/mol. The predicted octanol–water partition coefficient (Wildman–Crippen LogP) is 3.52. The second kappa shape index (κ2) is 8.29. The first kappa shape index (κ1) is 22.1. The molecule has 0 bridgehead atoms. The highest BCUT2D eigenvalue weighted by Crippen LogP contribution is 2.29. The van der Waals surface area contributed by atoms with Crippen LogP contribution in [0.2, 0.25) is 0 Å². The first-order valence-electron chi connectivity index (χ1n) is 9.20. The van der Waals surface area contributed by atoms with Crippen LogP contribution in [0, 0.1) is 0 Å². The zero-order valence-electron chi connectivity index (χ0n) is 16.5. The van der Waals surface area contributed by atoms with Crippen LogP contribution in [0.15, 0.2) is 44.4 Å². The molecule has 0 atom stereocenters. The van der Waals surface area contributed by atoms with E-state index in [1.54, 1.807) is 24.3 Å². The molecule has 1 saturated heterocycles. The van der Waals surface area contributed by atoms with Crippen LogP contribution >= 0.6 is 27.3 Å². The van der Waals surface area contributed by atoms with Gasteiger partial charge in [-0.3, -0.25) is 9.59 Å². The summed E-state index contributed by atoms with van der Waals surface area (Å²) >= 11 is 4.43. The van der Waals surface area contributed by atoms with E-state index >= 15 is 0 Å². The van der Waals surface area contributed by atoms with Gasteiger partial charge in [0.2, 0.25) is 5.78 Å². The normalized spacial score (nSPS) is 16.1. The van der Waals surface area contributed by atoms with Crippen molar-refractivity contribution >= 4 is 49.0 Å². The van der Waals surface area contributed by atoms with Gasteiger partial charge in [0.15, 0.2) is 0 Å². The number of sulfonamides is 1. The first-order valence-corrected chi connectivity index (χ1v) is 12.2. The molecule has 1 aliphatic rings. The highest BCUT2D eigenvalue weighted by atomic mass is 79.9. The van der Waals surface area contributed by atoms with Crippen LogP contribution in [0.4, 0.5) is 0 Å². The maximum atomic E-state index is 12.7. The molecule has 29 heavy (non-hydrogen) atoms. The summed E-state index contributed by atoms with van der Waals surface area (Å²) in [6.45, 7) is 6.96. The zero-order valence-corrected chi connectivity index (χ0v) is 19.7. The van der Waals surface area contributed by atoms with Crippen molar-refractivity contribution in [3.05, 3.63) is 51.3 Å². The molecule has 0 N–H and O–H groups in total. The molecule has 1 amide bonds. The second-order valence-corrected chi connectivity index (χ2v) is 12.5. The molecule has 9 heteroatoms. The molecule has 2 heterocycles. The predicted molar refractivity (Wildman–Crippen MR) is 117 cm³/mol. The smallest absolute Gasteiger partial charge is 0.295 e. The van der Waals surface area contributed by atoms with Crippen LogP contribution in [0.25, 0.3) is 0 Å². The van der Waals surface area contributed by atoms with E-state index in [1.807, 2.05) is 12.1 Å². The third-order valence-corrected chi connectivity index (χ3v) is 8.87. The van der Waals surface area contributed by atoms with E-state index in [2.05, 4.69) is 36.7 Å². The molecule has 6 nitrogen and oxygen atoms in total. The summed E-state index contributed by atoms with van der Waals surface area (Å²) in [5.74, 6) is -1.16. The van der Waals surface area contributed by atoms with Crippen molar-refractivity contribution in [3.8, 4) is 0 Å². The lowest BCUT2D eigenvalue weighted by atomic mass is 9.86. The Hall–Kier alpha value is -1.55. The number of piperazine rings is 1. The SMILES string of the molecule is CC(C)(C)c1ccc(C(=O)C(=O)N2CCN(S(=O)(=O)c3ccc(Br)s3)CC2)cc1. The number of carbonyl (C=O) groups is 2. The summed E-state index contributed by atoms with van der Waals surface area (Å²) in [4.78, 5) is 26.6. The van der Waals surface area contributed by atoms with Crippen molar-refractivity contribution in [2.45, 2.75) is 30.4 Å². The third-order valence-electron chi connectivity index (χ3n) is 4.88. The molecular formula is C20H23BrN2O4S2. The van der Waals surface area contributed by atoms with Crippen molar-refractivity contribution in [2.24, 2.45) is 0 Å². The molecule has 1 aromatic carbocycles. The van der Waals surface area contributed by atoms with Gasteiger partial charge in [-0.1, -0.05) is 45.0 Å². The van der Waals surface area contributed by atoms with Crippen LogP contribution < -0.4 is 0 Å². The van der Waals surface area contributed by atoms with Gasteiger partial charge in [-0.05, 0) is 39.0 Å². The molecule has 0 saturated carbocycles. The minimum atomic E-state index is -3.58. The van der Waals surface area contributed by atoms with Crippen LogP contribution in [-0.2, 0) is 20.2 Å². The lowest BCUT2D eigenvalue weighted by Crippen LogP contribution is -2.52. The molecule has 1 aliphatic heterocycles. The minimum absolute atomic E-state index is 0.0362. The average molecular weight is 499 g/mol. The number of carbonyl (C=O) groups excluding carboxylic acids is 2. The number of rotatable bonds is 4. The summed E-state index contributed by atoms with van der Waals surface area (Å²) in [6.07, 6.45) is 0. The van der Waals surface area contributed by atoms with E-state index in [9.17, 15) is 18.0 Å². The Labute approximate surface area is 183 Å². The van der Waals surface area contributed by atoms with E-state index in [1.165, 1.54) is 9.21 Å². The van der Waals surface area contributed by atoms with Crippen LogP contribution in [-0.4, -0.2) is 55.5 Å². The van der Waals surface area contributed by atoms with E-state index in [0.29, 0.717) is 5.56 Å². The monoisotopic (exact) mass is 498 g/mol. The van der Waals surface area contributed by atoms with Crippen molar-refractivity contribution in [3.63, 3.8) is 0 Å². The van der Waals surface area contributed by atoms with Crippen molar-refractivity contribution in [2.75, 3.05) is 26.2 Å². The van der Waals surface area contributed by atoms with Gasteiger partial charge in [-0.25, -0.2) is 8.42 Å². The van der Waals surface area contributed by atoms with Gasteiger partial charge in [0.05, 0.1) is 3.79 Å². The lowest BCUT2D eigenvalue weighted by molar-refractivity contribution is -0.127. The second-order valence-electron chi connectivity index (χ2n) is 7.91.